The van der Waals surface area contributed by atoms with Gasteiger partial charge in [0, 0.05) is 25.2 Å². The first kappa shape index (κ1) is 17.7. The average molecular weight is 342 g/mol. The van der Waals surface area contributed by atoms with E-state index in [1.165, 1.54) is 0 Å². The molecular weight excluding hydrogens is 316 g/mol. The minimum Gasteiger partial charge on any atom is -0.465 e. The Bertz CT molecular complexity index is 712. The third-order valence-electron chi connectivity index (χ3n) is 4.52. The molecule has 1 amide bonds. The number of hydrogen-bond donors (Lipinski definition) is 1. The maximum Gasteiger partial charge on any atom is 0.251 e. The van der Waals surface area contributed by atoms with Gasteiger partial charge < -0.3 is 14.5 Å². The van der Waals surface area contributed by atoms with Crippen LogP contribution in [0, 0.1) is 20.8 Å². The molecule has 25 heavy (non-hydrogen) atoms. The molecule has 1 saturated heterocycles. The number of nitrogens with one attached hydrogen (secondary N) is 1. The molecule has 0 bridgehead atoms. The highest BCUT2D eigenvalue weighted by Crippen LogP contribution is 2.23. The summed E-state index contributed by atoms with van der Waals surface area (Å²) in [7, 11) is 0. The van der Waals surface area contributed by atoms with E-state index in [0.717, 1.165) is 35.7 Å². The number of benzene rings is 1. The fourth-order valence-electron chi connectivity index (χ4n) is 3.33. The van der Waals surface area contributed by atoms with Crippen molar-refractivity contribution >= 4 is 5.91 Å². The van der Waals surface area contributed by atoms with Crippen LogP contribution in [-0.4, -0.2) is 43.7 Å². The molecule has 1 unspecified atom stereocenters. The van der Waals surface area contributed by atoms with Crippen molar-refractivity contribution in [3.8, 4) is 0 Å². The van der Waals surface area contributed by atoms with Crippen LogP contribution in [0.3, 0.4) is 0 Å². The Morgan fingerprint density at radius 1 is 1.12 bits per heavy atom. The van der Waals surface area contributed by atoms with E-state index >= 15 is 0 Å². The molecule has 5 nitrogen and oxygen atoms in total. The number of hydrogen-bond acceptors (Lipinski definition) is 4. The van der Waals surface area contributed by atoms with Crippen molar-refractivity contribution in [2.45, 2.75) is 26.8 Å². The van der Waals surface area contributed by atoms with E-state index in [2.05, 4.69) is 16.3 Å². The van der Waals surface area contributed by atoms with Crippen molar-refractivity contribution in [1.82, 2.24) is 10.2 Å². The van der Waals surface area contributed by atoms with Gasteiger partial charge in [0.1, 0.15) is 11.5 Å². The smallest absolute Gasteiger partial charge is 0.251 e. The van der Waals surface area contributed by atoms with Crippen molar-refractivity contribution < 1.29 is 13.9 Å². The Labute approximate surface area is 149 Å². The Hall–Kier alpha value is -2.11. The van der Waals surface area contributed by atoms with Crippen molar-refractivity contribution in [2.24, 2.45) is 0 Å². The van der Waals surface area contributed by atoms with E-state index in [-0.39, 0.29) is 11.9 Å². The summed E-state index contributed by atoms with van der Waals surface area (Å²) in [5.41, 5.74) is 2.89. The minimum absolute atomic E-state index is 0.0208. The predicted octanol–water partition coefficient (Wildman–Crippen LogP) is 3.01. The van der Waals surface area contributed by atoms with Gasteiger partial charge in [0.25, 0.3) is 5.91 Å². The Balaban J connectivity index is 1.72. The highest BCUT2D eigenvalue weighted by molar-refractivity contribution is 5.94. The summed E-state index contributed by atoms with van der Waals surface area (Å²) >= 11 is 0. The first-order valence-corrected chi connectivity index (χ1v) is 8.77. The lowest BCUT2D eigenvalue weighted by Gasteiger charge is -2.33. The topological polar surface area (TPSA) is 54.7 Å². The lowest BCUT2D eigenvalue weighted by atomic mass is 10.1. The number of aryl methyl sites for hydroxylation is 3. The fourth-order valence-corrected chi connectivity index (χ4v) is 3.33. The summed E-state index contributed by atoms with van der Waals surface area (Å²) in [4.78, 5) is 14.9. The molecule has 134 valence electrons. The van der Waals surface area contributed by atoms with Crippen LogP contribution < -0.4 is 5.32 Å². The van der Waals surface area contributed by atoms with E-state index in [1.807, 2.05) is 45.0 Å². The van der Waals surface area contributed by atoms with Crippen LogP contribution in [0.2, 0.25) is 0 Å². The SMILES string of the molecule is Cc1cc(C)cc(C(=O)NCC(c2ccc(C)o2)N2CCOCC2)c1. The molecule has 0 spiro atoms. The number of morpholine rings is 1. The second-order valence-corrected chi connectivity index (χ2v) is 6.70. The van der Waals surface area contributed by atoms with Crippen LogP contribution in [0.1, 0.15) is 39.0 Å². The molecule has 0 aliphatic carbocycles. The quantitative estimate of drug-likeness (QED) is 0.907. The maximum atomic E-state index is 12.6. The summed E-state index contributed by atoms with van der Waals surface area (Å²) in [6, 6.07) is 9.89. The van der Waals surface area contributed by atoms with Gasteiger partial charge in [-0.05, 0) is 45.0 Å². The molecule has 1 fully saturated rings. The molecule has 1 aromatic heterocycles. The van der Waals surface area contributed by atoms with Crippen LogP contribution in [0.25, 0.3) is 0 Å². The summed E-state index contributed by atoms with van der Waals surface area (Å²) < 4.78 is 11.3. The zero-order valence-corrected chi connectivity index (χ0v) is 15.2. The fraction of sp³-hybridized carbons (Fsp3) is 0.450. The molecule has 1 atom stereocenters. The summed E-state index contributed by atoms with van der Waals surface area (Å²) in [6.07, 6.45) is 0. The van der Waals surface area contributed by atoms with E-state index in [1.54, 1.807) is 0 Å². The lowest BCUT2D eigenvalue weighted by Crippen LogP contribution is -2.43. The van der Waals surface area contributed by atoms with Gasteiger partial charge in [-0.2, -0.15) is 0 Å². The molecule has 0 saturated carbocycles. The number of nitrogens with zero attached hydrogens (tertiary/aromatic N) is 1. The van der Waals surface area contributed by atoms with E-state index in [0.29, 0.717) is 25.3 Å². The summed E-state index contributed by atoms with van der Waals surface area (Å²) in [6.45, 7) is 9.56. The number of furan rings is 1. The molecule has 5 heteroatoms. The van der Waals surface area contributed by atoms with Crippen LogP contribution in [-0.2, 0) is 4.74 Å². The van der Waals surface area contributed by atoms with Crippen molar-refractivity contribution in [3.05, 3.63) is 58.5 Å². The van der Waals surface area contributed by atoms with Crippen LogP contribution in [0.5, 0.6) is 0 Å². The standard InChI is InChI=1S/C20H26N2O3/c1-14-10-15(2)12-17(11-14)20(23)21-13-18(19-5-4-16(3)25-19)22-6-8-24-9-7-22/h4-5,10-12,18H,6-9,13H2,1-3H3,(H,21,23). The van der Waals surface area contributed by atoms with Crippen molar-refractivity contribution in [1.29, 1.82) is 0 Å². The number of ether oxygens (including phenoxy) is 1. The molecule has 1 aliphatic rings. The zero-order chi connectivity index (χ0) is 17.8. The van der Waals surface area contributed by atoms with Gasteiger partial charge in [-0.1, -0.05) is 17.2 Å². The van der Waals surface area contributed by atoms with E-state index in [9.17, 15) is 4.79 Å². The molecule has 1 aromatic carbocycles. The minimum atomic E-state index is -0.0478. The molecular formula is C20H26N2O3. The van der Waals surface area contributed by atoms with Crippen LogP contribution >= 0.6 is 0 Å². The monoisotopic (exact) mass is 342 g/mol. The first-order chi connectivity index (χ1) is 12.0. The van der Waals surface area contributed by atoms with Gasteiger partial charge in [-0.3, -0.25) is 9.69 Å². The molecule has 2 heterocycles. The first-order valence-electron chi connectivity index (χ1n) is 8.77. The van der Waals surface area contributed by atoms with Gasteiger partial charge in [0.15, 0.2) is 0 Å². The molecule has 3 rings (SSSR count). The Morgan fingerprint density at radius 3 is 2.40 bits per heavy atom. The van der Waals surface area contributed by atoms with Gasteiger partial charge in [-0.25, -0.2) is 0 Å². The zero-order valence-electron chi connectivity index (χ0n) is 15.2. The van der Waals surface area contributed by atoms with Gasteiger partial charge in [0.05, 0.1) is 19.3 Å². The highest BCUT2D eigenvalue weighted by atomic mass is 16.5. The molecule has 1 aliphatic heterocycles. The summed E-state index contributed by atoms with van der Waals surface area (Å²) in [5.74, 6) is 1.72. The van der Waals surface area contributed by atoms with Crippen molar-refractivity contribution in [2.75, 3.05) is 32.8 Å². The predicted molar refractivity (Wildman–Crippen MR) is 96.8 cm³/mol. The van der Waals surface area contributed by atoms with E-state index in [4.69, 9.17) is 9.15 Å². The van der Waals surface area contributed by atoms with E-state index < -0.39 is 0 Å². The summed E-state index contributed by atoms with van der Waals surface area (Å²) in [5, 5.41) is 3.08. The molecule has 0 radical (unpaired) electrons. The maximum absolute atomic E-state index is 12.6. The van der Waals surface area contributed by atoms with Crippen molar-refractivity contribution in [3.63, 3.8) is 0 Å². The van der Waals surface area contributed by atoms with Crippen LogP contribution in [0.4, 0.5) is 0 Å². The number of carbonyl (C=O) groups is 1. The van der Waals surface area contributed by atoms with Gasteiger partial charge in [-0.15, -0.1) is 0 Å². The third-order valence-corrected chi connectivity index (χ3v) is 4.52. The number of rotatable bonds is 5. The second-order valence-electron chi connectivity index (χ2n) is 6.70. The third kappa shape index (κ3) is 4.50. The van der Waals surface area contributed by atoms with Crippen LogP contribution in [0.15, 0.2) is 34.7 Å². The highest BCUT2D eigenvalue weighted by Gasteiger charge is 2.25. The normalized spacial score (nSPS) is 16.6. The number of amides is 1. The Morgan fingerprint density at radius 2 is 1.80 bits per heavy atom. The number of carbonyl (C=O) groups excluding carboxylic acids is 1. The van der Waals surface area contributed by atoms with Gasteiger partial charge >= 0.3 is 0 Å². The van der Waals surface area contributed by atoms with Gasteiger partial charge in [0.2, 0.25) is 0 Å². The molecule has 2 aromatic rings. The second kappa shape index (κ2) is 7.85. The Kier molecular flexibility index (Phi) is 5.56. The lowest BCUT2D eigenvalue weighted by molar-refractivity contribution is 0.0117. The molecule has 1 N–H and O–H groups in total. The largest absolute Gasteiger partial charge is 0.465 e. The average Bonchev–Trinajstić information content (AvgIpc) is 3.01.